The number of rotatable bonds is 2. The molecule has 0 aliphatic carbocycles. The van der Waals surface area contributed by atoms with E-state index in [1.54, 1.807) is 30.5 Å². The average Bonchev–Trinajstić information content (AvgIpc) is 2.29. The molecule has 86 valence electrons. The van der Waals surface area contributed by atoms with E-state index in [9.17, 15) is 4.79 Å². The van der Waals surface area contributed by atoms with Crippen LogP contribution in [-0.2, 0) is 0 Å². The summed E-state index contributed by atoms with van der Waals surface area (Å²) in [4.78, 5) is 16.3. The summed E-state index contributed by atoms with van der Waals surface area (Å²) in [7, 11) is 0. The van der Waals surface area contributed by atoms with Crippen molar-refractivity contribution in [3.8, 4) is 0 Å². The standard InChI is InChI=1S/C14H12ClNO/c1-9-7-12(15)5-6-13(9)14(17)11-4-3-10(2)16-8-11/h3-8H,1-2H3. The first-order valence-corrected chi connectivity index (χ1v) is 5.69. The first-order valence-electron chi connectivity index (χ1n) is 5.31. The summed E-state index contributed by atoms with van der Waals surface area (Å²) >= 11 is 5.86. The van der Waals surface area contributed by atoms with E-state index in [-0.39, 0.29) is 5.78 Å². The van der Waals surface area contributed by atoms with Crippen molar-refractivity contribution < 1.29 is 4.79 Å². The van der Waals surface area contributed by atoms with Crippen LogP contribution < -0.4 is 0 Å². The van der Waals surface area contributed by atoms with Crippen molar-refractivity contribution in [2.24, 2.45) is 0 Å². The topological polar surface area (TPSA) is 30.0 Å². The van der Waals surface area contributed by atoms with Crippen LogP contribution >= 0.6 is 11.6 Å². The Morgan fingerprint density at radius 1 is 1.18 bits per heavy atom. The molecule has 0 N–H and O–H groups in total. The Bertz CT molecular complexity index is 561. The maximum Gasteiger partial charge on any atom is 0.194 e. The predicted octanol–water partition coefficient (Wildman–Crippen LogP) is 3.58. The smallest absolute Gasteiger partial charge is 0.194 e. The minimum Gasteiger partial charge on any atom is -0.289 e. The highest BCUT2D eigenvalue weighted by atomic mass is 35.5. The van der Waals surface area contributed by atoms with Crippen LogP contribution in [0.2, 0.25) is 5.02 Å². The van der Waals surface area contributed by atoms with Crippen LogP contribution in [0.3, 0.4) is 0 Å². The van der Waals surface area contributed by atoms with Gasteiger partial charge in [0.15, 0.2) is 5.78 Å². The summed E-state index contributed by atoms with van der Waals surface area (Å²) in [5.41, 5.74) is 3.04. The van der Waals surface area contributed by atoms with Crippen molar-refractivity contribution in [1.82, 2.24) is 4.98 Å². The largest absolute Gasteiger partial charge is 0.289 e. The fourth-order valence-corrected chi connectivity index (χ4v) is 1.87. The van der Waals surface area contributed by atoms with Crippen LogP contribution in [0.15, 0.2) is 36.5 Å². The molecule has 1 heterocycles. The highest BCUT2D eigenvalue weighted by molar-refractivity contribution is 6.30. The number of hydrogen-bond acceptors (Lipinski definition) is 2. The highest BCUT2D eigenvalue weighted by Gasteiger charge is 2.11. The van der Waals surface area contributed by atoms with E-state index in [0.717, 1.165) is 11.3 Å². The summed E-state index contributed by atoms with van der Waals surface area (Å²) < 4.78 is 0. The normalized spacial score (nSPS) is 10.3. The van der Waals surface area contributed by atoms with Gasteiger partial charge in [-0.1, -0.05) is 11.6 Å². The second-order valence-corrected chi connectivity index (χ2v) is 4.41. The molecule has 0 spiro atoms. The number of benzene rings is 1. The number of pyridine rings is 1. The van der Waals surface area contributed by atoms with Gasteiger partial charge >= 0.3 is 0 Å². The highest BCUT2D eigenvalue weighted by Crippen LogP contribution is 2.18. The molecule has 3 heteroatoms. The first kappa shape index (κ1) is 11.8. The Hall–Kier alpha value is -1.67. The Morgan fingerprint density at radius 2 is 1.94 bits per heavy atom. The molecule has 17 heavy (non-hydrogen) atoms. The maximum absolute atomic E-state index is 12.2. The lowest BCUT2D eigenvalue weighted by molar-refractivity contribution is 0.103. The zero-order valence-electron chi connectivity index (χ0n) is 9.70. The van der Waals surface area contributed by atoms with Gasteiger partial charge in [0, 0.05) is 28.0 Å². The van der Waals surface area contributed by atoms with Gasteiger partial charge in [-0.15, -0.1) is 0 Å². The summed E-state index contributed by atoms with van der Waals surface area (Å²) in [6.45, 7) is 3.77. The second kappa shape index (κ2) is 4.68. The molecule has 2 nitrogen and oxygen atoms in total. The average molecular weight is 246 g/mol. The number of halogens is 1. The van der Waals surface area contributed by atoms with Gasteiger partial charge in [-0.05, 0) is 49.7 Å². The molecule has 0 saturated carbocycles. The zero-order valence-corrected chi connectivity index (χ0v) is 10.5. The van der Waals surface area contributed by atoms with Crippen molar-refractivity contribution in [3.05, 3.63) is 63.9 Å². The summed E-state index contributed by atoms with van der Waals surface area (Å²) in [6, 6.07) is 8.89. The minimum absolute atomic E-state index is 0.0216. The van der Waals surface area contributed by atoms with E-state index < -0.39 is 0 Å². The van der Waals surface area contributed by atoms with Gasteiger partial charge in [0.05, 0.1) is 0 Å². The lowest BCUT2D eigenvalue weighted by Crippen LogP contribution is -2.04. The molecular formula is C14H12ClNO. The van der Waals surface area contributed by atoms with Gasteiger partial charge in [0.2, 0.25) is 0 Å². The molecule has 0 unspecified atom stereocenters. The monoisotopic (exact) mass is 245 g/mol. The summed E-state index contributed by atoms with van der Waals surface area (Å²) in [5.74, 6) is -0.0216. The summed E-state index contributed by atoms with van der Waals surface area (Å²) in [5, 5.41) is 0.640. The second-order valence-electron chi connectivity index (χ2n) is 3.98. The van der Waals surface area contributed by atoms with Gasteiger partial charge in [0.25, 0.3) is 0 Å². The molecule has 0 aliphatic rings. The molecule has 0 saturated heterocycles. The van der Waals surface area contributed by atoms with E-state index in [1.807, 2.05) is 19.9 Å². The van der Waals surface area contributed by atoms with Crippen LogP contribution in [0.1, 0.15) is 27.2 Å². The number of hydrogen-bond donors (Lipinski definition) is 0. The summed E-state index contributed by atoms with van der Waals surface area (Å²) in [6.07, 6.45) is 1.60. The molecule has 2 aromatic rings. The van der Waals surface area contributed by atoms with Crippen LogP contribution in [0, 0.1) is 13.8 Å². The van der Waals surface area contributed by atoms with E-state index >= 15 is 0 Å². The molecule has 2 rings (SSSR count). The predicted molar refractivity (Wildman–Crippen MR) is 68.6 cm³/mol. The molecule has 0 aliphatic heterocycles. The minimum atomic E-state index is -0.0216. The van der Waals surface area contributed by atoms with Crippen molar-refractivity contribution in [2.75, 3.05) is 0 Å². The van der Waals surface area contributed by atoms with E-state index in [2.05, 4.69) is 4.98 Å². The van der Waals surface area contributed by atoms with Gasteiger partial charge in [-0.25, -0.2) is 0 Å². The third kappa shape index (κ3) is 2.53. The van der Waals surface area contributed by atoms with Crippen molar-refractivity contribution in [3.63, 3.8) is 0 Å². The third-order valence-electron chi connectivity index (χ3n) is 2.61. The number of ketones is 1. The van der Waals surface area contributed by atoms with Gasteiger partial charge in [-0.3, -0.25) is 9.78 Å². The molecule has 0 radical (unpaired) electrons. The molecule has 0 bridgehead atoms. The van der Waals surface area contributed by atoms with Crippen LogP contribution in [-0.4, -0.2) is 10.8 Å². The third-order valence-corrected chi connectivity index (χ3v) is 2.84. The number of aryl methyl sites for hydroxylation is 2. The number of aromatic nitrogens is 1. The van der Waals surface area contributed by atoms with Crippen LogP contribution in [0.25, 0.3) is 0 Å². The van der Waals surface area contributed by atoms with E-state index in [1.165, 1.54) is 0 Å². The Balaban J connectivity index is 2.40. The van der Waals surface area contributed by atoms with Gasteiger partial charge in [-0.2, -0.15) is 0 Å². The molecule has 1 aromatic heterocycles. The molecule has 0 fully saturated rings. The lowest BCUT2D eigenvalue weighted by atomic mass is 10.0. The number of carbonyl (C=O) groups is 1. The Morgan fingerprint density at radius 3 is 2.53 bits per heavy atom. The van der Waals surface area contributed by atoms with Crippen molar-refractivity contribution in [2.45, 2.75) is 13.8 Å². The molecule has 1 aromatic carbocycles. The quantitative estimate of drug-likeness (QED) is 0.757. The fourth-order valence-electron chi connectivity index (χ4n) is 1.64. The Kier molecular flexibility index (Phi) is 3.25. The van der Waals surface area contributed by atoms with E-state index in [0.29, 0.717) is 16.1 Å². The van der Waals surface area contributed by atoms with Crippen molar-refractivity contribution in [1.29, 1.82) is 0 Å². The molecule has 0 amide bonds. The van der Waals surface area contributed by atoms with Crippen LogP contribution in [0.5, 0.6) is 0 Å². The Labute approximate surface area is 105 Å². The van der Waals surface area contributed by atoms with Crippen molar-refractivity contribution >= 4 is 17.4 Å². The first-order chi connectivity index (χ1) is 8.08. The van der Waals surface area contributed by atoms with Gasteiger partial charge < -0.3 is 0 Å². The van der Waals surface area contributed by atoms with Gasteiger partial charge in [0.1, 0.15) is 0 Å². The SMILES string of the molecule is Cc1ccc(C(=O)c2ccc(Cl)cc2C)cn1. The zero-order chi connectivity index (χ0) is 12.4. The lowest BCUT2D eigenvalue weighted by Gasteiger charge is -2.05. The fraction of sp³-hybridized carbons (Fsp3) is 0.143. The number of nitrogens with zero attached hydrogens (tertiary/aromatic N) is 1. The molecular weight excluding hydrogens is 234 g/mol. The van der Waals surface area contributed by atoms with E-state index in [4.69, 9.17) is 11.6 Å². The molecule has 0 atom stereocenters. The maximum atomic E-state index is 12.2. The number of carbonyl (C=O) groups excluding carboxylic acids is 1. The van der Waals surface area contributed by atoms with Crippen LogP contribution in [0.4, 0.5) is 0 Å².